The van der Waals surface area contributed by atoms with Crippen LogP contribution in [0, 0.1) is 0 Å². The van der Waals surface area contributed by atoms with Gasteiger partial charge in [-0.15, -0.1) is 12.4 Å². The Morgan fingerprint density at radius 3 is 2.32 bits per heavy atom. The first-order chi connectivity index (χ1) is 8.56. The Morgan fingerprint density at radius 1 is 1.11 bits per heavy atom. The molecule has 19 heavy (non-hydrogen) atoms. The van der Waals surface area contributed by atoms with Gasteiger partial charge in [-0.25, -0.2) is 0 Å². The highest BCUT2D eigenvalue weighted by Gasteiger charge is 2.12. The van der Waals surface area contributed by atoms with Crippen LogP contribution in [0.2, 0.25) is 10.0 Å². The third kappa shape index (κ3) is 4.53. The van der Waals surface area contributed by atoms with E-state index in [-0.39, 0.29) is 12.4 Å². The molecule has 1 aliphatic rings. The van der Waals surface area contributed by atoms with Crippen LogP contribution in [0.5, 0.6) is 0 Å². The molecular weight excluding hydrogens is 305 g/mol. The molecule has 0 spiro atoms. The maximum absolute atomic E-state index is 6.01. The largest absolute Gasteiger partial charge is 0.303 e. The highest BCUT2D eigenvalue weighted by molar-refractivity contribution is 6.42. The van der Waals surface area contributed by atoms with Gasteiger partial charge in [0.2, 0.25) is 0 Å². The Balaban J connectivity index is 0.00000180. The van der Waals surface area contributed by atoms with Gasteiger partial charge in [-0.05, 0) is 31.7 Å². The predicted molar refractivity (Wildman–Crippen MR) is 85.0 cm³/mol. The van der Waals surface area contributed by atoms with Crippen molar-refractivity contribution in [1.82, 2.24) is 9.91 Å². The van der Waals surface area contributed by atoms with Gasteiger partial charge >= 0.3 is 0 Å². The molecular formula is C13H18Cl3N3. The molecule has 0 N–H and O–H groups in total. The molecule has 1 aliphatic heterocycles. The molecule has 0 bridgehead atoms. The minimum atomic E-state index is 0. The number of rotatable bonds is 2. The van der Waals surface area contributed by atoms with Crippen LogP contribution in [0.15, 0.2) is 23.3 Å². The predicted octanol–water partition coefficient (Wildman–Crippen LogP) is 3.39. The molecule has 0 saturated carbocycles. The summed E-state index contributed by atoms with van der Waals surface area (Å²) in [6.07, 6.45) is 0. The molecule has 3 nitrogen and oxygen atoms in total. The van der Waals surface area contributed by atoms with Crippen LogP contribution in [0.4, 0.5) is 0 Å². The minimum absolute atomic E-state index is 0. The highest BCUT2D eigenvalue weighted by atomic mass is 35.5. The second-order valence-corrected chi connectivity index (χ2v) is 5.39. The van der Waals surface area contributed by atoms with Crippen molar-refractivity contribution >= 4 is 41.3 Å². The third-order valence-corrected chi connectivity index (χ3v) is 3.85. The van der Waals surface area contributed by atoms with Crippen LogP contribution in [-0.4, -0.2) is 48.8 Å². The fourth-order valence-electron chi connectivity index (χ4n) is 1.89. The van der Waals surface area contributed by atoms with Crippen molar-refractivity contribution in [3.63, 3.8) is 0 Å². The Morgan fingerprint density at radius 2 is 1.74 bits per heavy atom. The normalized spacial score (nSPS) is 17.3. The van der Waals surface area contributed by atoms with Crippen molar-refractivity contribution in [3.8, 4) is 0 Å². The first-order valence-corrected chi connectivity index (χ1v) is 6.76. The fraction of sp³-hybridized carbons (Fsp3) is 0.462. The lowest BCUT2D eigenvalue weighted by molar-refractivity contribution is 0.159. The van der Waals surface area contributed by atoms with Crippen LogP contribution >= 0.6 is 35.6 Å². The van der Waals surface area contributed by atoms with Crippen LogP contribution in [0.25, 0.3) is 0 Å². The van der Waals surface area contributed by atoms with E-state index in [1.54, 1.807) is 0 Å². The molecule has 1 saturated heterocycles. The second-order valence-electron chi connectivity index (χ2n) is 4.57. The lowest BCUT2D eigenvalue weighted by atomic mass is 10.1. The summed E-state index contributed by atoms with van der Waals surface area (Å²) in [6, 6.07) is 5.62. The number of hydrazone groups is 1. The van der Waals surface area contributed by atoms with Gasteiger partial charge in [0.1, 0.15) is 0 Å². The molecule has 2 rings (SSSR count). The number of hydrogen-bond acceptors (Lipinski definition) is 3. The van der Waals surface area contributed by atoms with Gasteiger partial charge in [0.05, 0.1) is 15.8 Å². The van der Waals surface area contributed by atoms with Crippen LogP contribution in [0.1, 0.15) is 12.5 Å². The fourth-order valence-corrected chi connectivity index (χ4v) is 2.19. The average molecular weight is 323 g/mol. The number of benzene rings is 1. The molecule has 1 aromatic carbocycles. The van der Waals surface area contributed by atoms with E-state index in [1.807, 2.05) is 25.1 Å². The molecule has 0 aromatic heterocycles. The van der Waals surface area contributed by atoms with Gasteiger partial charge in [0.15, 0.2) is 0 Å². The molecule has 1 fully saturated rings. The molecule has 0 aliphatic carbocycles. The van der Waals surface area contributed by atoms with Crippen molar-refractivity contribution in [2.45, 2.75) is 6.92 Å². The number of piperazine rings is 1. The Labute approximate surface area is 130 Å². The summed E-state index contributed by atoms with van der Waals surface area (Å²) in [4.78, 5) is 2.31. The molecule has 1 heterocycles. The van der Waals surface area contributed by atoms with E-state index in [4.69, 9.17) is 23.2 Å². The SMILES string of the molecule is C/C(=N\N1CCN(C)CC1)c1ccc(Cl)c(Cl)c1.Cl. The van der Waals surface area contributed by atoms with Gasteiger partial charge in [-0.2, -0.15) is 5.10 Å². The minimum Gasteiger partial charge on any atom is -0.303 e. The molecule has 1 aromatic rings. The van der Waals surface area contributed by atoms with E-state index >= 15 is 0 Å². The van der Waals surface area contributed by atoms with Crippen molar-refractivity contribution in [2.75, 3.05) is 33.2 Å². The summed E-state index contributed by atoms with van der Waals surface area (Å²) >= 11 is 11.9. The topological polar surface area (TPSA) is 18.8 Å². The first kappa shape index (κ1) is 16.6. The smallest absolute Gasteiger partial charge is 0.0647 e. The van der Waals surface area contributed by atoms with Crippen LogP contribution < -0.4 is 0 Å². The average Bonchev–Trinajstić information content (AvgIpc) is 2.35. The van der Waals surface area contributed by atoms with E-state index in [9.17, 15) is 0 Å². The van der Waals surface area contributed by atoms with Gasteiger partial charge in [-0.1, -0.05) is 29.3 Å². The Hall–Kier alpha value is -0.480. The third-order valence-electron chi connectivity index (χ3n) is 3.11. The quantitative estimate of drug-likeness (QED) is 0.777. The van der Waals surface area contributed by atoms with E-state index in [1.165, 1.54) is 0 Å². The lowest BCUT2D eigenvalue weighted by Gasteiger charge is -2.30. The maximum atomic E-state index is 6.01. The van der Waals surface area contributed by atoms with Gasteiger partial charge < -0.3 is 4.90 Å². The zero-order valence-electron chi connectivity index (χ0n) is 11.1. The number of halogens is 3. The zero-order chi connectivity index (χ0) is 13.1. The summed E-state index contributed by atoms with van der Waals surface area (Å²) in [5.74, 6) is 0. The van der Waals surface area contributed by atoms with E-state index < -0.39 is 0 Å². The molecule has 106 valence electrons. The van der Waals surface area contributed by atoms with Crippen molar-refractivity contribution < 1.29 is 0 Å². The van der Waals surface area contributed by atoms with Crippen molar-refractivity contribution in [1.29, 1.82) is 0 Å². The number of likely N-dealkylation sites (N-methyl/N-ethyl adjacent to an activating group) is 1. The van der Waals surface area contributed by atoms with E-state index in [0.29, 0.717) is 10.0 Å². The summed E-state index contributed by atoms with van der Waals surface area (Å²) in [5, 5.41) is 7.89. The molecule has 0 amide bonds. The highest BCUT2D eigenvalue weighted by Crippen LogP contribution is 2.23. The van der Waals surface area contributed by atoms with Crippen molar-refractivity contribution in [3.05, 3.63) is 33.8 Å². The van der Waals surface area contributed by atoms with E-state index in [0.717, 1.165) is 37.5 Å². The number of nitrogens with zero attached hydrogens (tertiary/aromatic N) is 3. The van der Waals surface area contributed by atoms with E-state index in [2.05, 4.69) is 22.1 Å². The molecule has 6 heteroatoms. The lowest BCUT2D eigenvalue weighted by Crippen LogP contribution is -2.42. The maximum Gasteiger partial charge on any atom is 0.0647 e. The number of hydrogen-bond donors (Lipinski definition) is 0. The zero-order valence-corrected chi connectivity index (χ0v) is 13.4. The second kappa shape index (κ2) is 7.34. The van der Waals surface area contributed by atoms with Crippen molar-refractivity contribution in [2.24, 2.45) is 5.10 Å². The summed E-state index contributed by atoms with van der Waals surface area (Å²) < 4.78 is 0. The molecule has 0 radical (unpaired) electrons. The van der Waals surface area contributed by atoms with Gasteiger partial charge in [0.25, 0.3) is 0 Å². The first-order valence-electron chi connectivity index (χ1n) is 6.00. The Kier molecular flexibility index (Phi) is 6.40. The van der Waals surface area contributed by atoms with Crippen LogP contribution in [0.3, 0.4) is 0 Å². The van der Waals surface area contributed by atoms with Gasteiger partial charge in [-0.3, -0.25) is 5.01 Å². The molecule has 0 unspecified atom stereocenters. The monoisotopic (exact) mass is 321 g/mol. The Bertz CT molecular complexity index is 454. The molecule has 0 atom stereocenters. The standard InChI is InChI=1S/C13H17Cl2N3.ClH/c1-10(11-3-4-12(14)13(15)9-11)16-18-7-5-17(2)6-8-18;/h3-4,9H,5-8H2,1-2H3;1H/b16-10+;. The summed E-state index contributed by atoms with van der Waals surface area (Å²) in [7, 11) is 2.13. The summed E-state index contributed by atoms with van der Waals surface area (Å²) in [6.45, 7) is 6.04. The van der Waals surface area contributed by atoms with Crippen LogP contribution in [-0.2, 0) is 0 Å². The summed E-state index contributed by atoms with van der Waals surface area (Å²) in [5.41, 5.74) is 1.99. The van der Waals surface area contributed by atoms with Gasteiger partial charge in [0, 0.05) is 26.2 Å².